The summed E-state index contributed by atoms with van der Waals surface area (Å²) in [4.78, 5) is 6.53. The summed E-state index contributed by atoms with van der Waals surface area (Å²) in [5.41, 5.74) is 0.885. The van der Waals surface area contributed by atoms with Gasteiger partial charge in [-0.2, -0.15) is 0 Å². The molecular weight excluding hydrogens is 337 g/mol. The van der Waals surface area contributed by atoms with E-state index in [-0.39, 0.29) is 5.82 Å². The minimum atomic E-state index is -0.238. The number of rotatable bonds is 4. The van der Waals surface area contributed by atoms with E-state index in [1.54, 1.807) is 14.2 Å². The second-order valence-electron chi connectivity index (χ2n) is 5.23. The smallest absolute Gasteiger partial charge is 0.193 e. The van der Waals surface area contributed by atoms with Gasteiger partial charge < -0.3 is 15.0 Å². The average Bonchev–Trinajstić information content (AvgIpc) is 2.87. The van der Waals surface area contributed by atoms with Crippen molar-refractivity contribution in [1.29, 1.82) is 0 Å². The molecule has 4 nitrogen and oxygen atoms in total. The molecule has 116 valence electrons. The lowest BCUT2D eigenvalue weighted by atomic mass is 10.1. The first-order valence-electron chi connectivity index (χ1n) is 7.02. The van der Waals surface area contributed by atoms with E-state index < -0.39 is 0 Å². The Labute approximate surface area is 133 Å². The number of methoxy groups -OCH3 is 1. The summed E-state index contributed by atoms with van der Waals surface area (Å²) >= 11 is 3.31. The van der Waals surface area contributed by atoms with E-state index in [4.69, 9.17) is 4.74 Å². The molecule has 1 fully saturated rings. The molecular formula is C15H21BrFN3O. The highest BCUT2D eigenvalue weighted by Gasteiger charge is 2.24. The Hall–Kier alpha value is -1.14. The quantitative estimate of drug-likeness (QED) is 0.664. The molecule has 0 amide bonds. The Bertz CT molecular complexity index is 489. The van der Waals surface area contributed by atoms with E-state index in [1.807, 2.05) is 6.07 Å². The molecule has 0 saturated carbocycles. The molecule has 1 N–H and O–H groups in total. The number of guanidine groups is 1. The summed E-state index contributed by atoms with van der Waals surface area (Å²) in [5.74, 6) is 1.17. The summed E-state index contributed by atoms with van der Waals surface area (Å²) in [7, 11) is 3.50. The first kappa shape index (κ1) is 16.2. The van der Waals surface area contributed by atoms with Crippen molar-refractivity contribution in [1.82, 2.24) is 10.2 Å². The van der Waals surface area contributed by atoms with Gasteiger partial charge in [-0.05, 0) is 30.2 Å². The van der Waals surface area contributed by atoms with Gasteiger partial charge in [-0.3, -0.25) is 4.99 Å². The van der Waals surface area contributed by atoms with Crippen LogP contribution in [-0.2, 0) is 11.3 Å². The maximum Gasteiger partial charge on any atom is 0.193 e. The fourth-order valence-corrected chi connectivity index (χ4v) is 3.14. The van der Waals surface area contributed by atoms with Gasteiger partial charge >= 0.3 is 0 Å². The van der Waals surface area contributed by atoms with Crippen LogP contribution in [0.25, 0.3) is 0 Å². The SMILES string of the molecule is CN=C(NCc1cc(F)cc(Br)c1)N1CCC(COC)C1. The predicted molar refractivity (Wildman–Crippen MR) is 85.9 cm³/mol. The van der Waals surface area contributed by atoms with Gasteiger partial charge in [-0.1, -0.05) is 15.9 Å². The first-order chi connectivity index (χ1) is 10.1. The molecule has 1 aromatic carbocycles. The Kier molecular flexibility index (Phi) is 5.99. The molecule has 21 heavy (non-hydrogen) atoms. The van der Waals surface area contributed by atoms with Crippen molar-refractivity contribution in [3.63, 3.8) is 0 Å². The summed E-state index contributed by atoms with van der Waals surface area (Å²) in [6.45, 7) is 3.25. The molecule has 0 spiro atoms. The van der Waals surface area contributed by atoms with E-state index in [2.05, 4.69) is 31.1 Å². The minimum absolute atomic E-state index is 0.238. The van der Waals surface area contributed by atoms with E-state index in [0.717, 1.165) is 42.1 Å². The number of aliphatic imine (C=N–C) groups is 1. The Morgan fingerprint density at radius 1 is 1.52 bits per heavy atom. The number of nitrogens with one attached hydrogen (secondary N) is 1. The number of likely N-dealkylation sites (tertiary alicyclic amines) is 1. The van der Waals surface area contributed by atoms with Crippen molar-refractivity contribution in [3.8, 4) is 0 Å². The topological polar surface area (TPSA) is 36.9 Å². The van der Waals surface area contributed by atoms with Gasteiger partial charge in [0.15, 0.2) is 5.96 Å². The van der Waals surface area contributed by atoms with Crippen molar-refractivity contribution in [3.05, 3.63) is 34.1 Å². The second kappa shape index (κ2) is 7.75. The zero-order valence-electron chi connectivity index (χ0n) is 12.4. The van der Waals surface area contributed by atoms with Crippen LogP contribution < -0.4 is 5.32 Å². The number of benzene rings is 1. The zero-order chi connectivity index (χ0) is 15.2. The maximum atomic E-state index is 13.4. The highest BCUT2D eigenvalue weighted by molar-refractivity contribution is 9.10. The number of hydrogen-bond acceptors (Lipinski definition) is 2. The standard InChI is InChI=1S/C15H21BrFN3O/c1-18-15(20-4-3-11(9-20)10-21-2)19-8-12-5-13(16)7-14(17)6-12/h5-7,11H,3-4,8-10H2,1-2H3,(H,18,19). The van der Waals surface area contributed by atoms with Crippen LogP contribution >= 0.6 is 15.9 Å². The van der Waals surface area contributed by atoms with Gasteiger partial charge in [0, 0.05) is 44.2 Å². The van der Waals surface area contributed by atoms with Crippen LogP contribution in [0.15, 0.2) is 27.7 Å². The number of halogens is 2. The molecule has 1 aliphatic heterocycles. The summed E-state index contributed by atoms with van der Waals surface area (Å²) in [6, 6.07) is 4.89. The number of nitrogens with zero attached hydrogens (tertiary/aromatic N) is 2. The summed E-state index contributed by atoms with van der Waals surface area (Å²) in [6.07, 6.45) is 1.11. The molecule has 0 radical (unpaired) electrons. The van der Waals surface area contributed by atoms with Crippen LogP contribution in [0, 0.1) is 11.7 Å². The van der Waals surface area contributed by atoms with Gasteiger partial charge in [0.1, 0.15) is 5.82 Å². The van der Waals surface area contributed by atoms with Gasteiger partial charge in [-0.25, -0.2) is 4.39 Å². The minimum Gasteiger partial charge on any atom is -0.384 e. The highest BCUT2D eigenvalue weighted by Crippen LogP contribution is 2.17. The highest BCUT2D eigenvalue weighted by atomic mass is 79.9. The molecule has 0 aromatic heterocycles. The van der Waals surface area contributed by atoms with Crippen molar-refractivity contribution >= 4 is 21.9 Å². The predicted octanol–water partition coefficient (Wildman–Crippen LogP) is 2.63. The van der Waals surface area contributed by atoms with E-state index in [0.29, 0.717) is 12.5 Å². The zero-order valence-corrected chi connectivity index (χ0v) is 14.0. The normalized spacial score (nSPS) is 19.1. The van der Waals surface area contributed by atoms with Crippen LogP contribution in [-0.4, -0.2) is 44.7 Å². The lowest BCUT2D eigenvalue weighted by molar-refractivity contribution is 0.157. The monoisotopic (exact) mass is 357 g/mol. The van der Waals surface area contributed by atoms with Gasteiger partial charge in [0.05, 0.1) is 6.61 Å². The number of ether oxygens (including phenoxy) is 1. The molecule has 1 saturated heterocycles. The van der Waals surface area contributed by atoms with E-state index in [9.17, 15) is 4.39 Å². The van der Waals surface area contributed by atoms with Crippen LogP contribution in [0.3, 0.4) is 0 Å². The van der Waals surface area contributed by atoms with Gasteiger partial charge in [-0.15, -0.1) is 0 Å². The third kappa shape index (κ3) is 4.68. The first-order valence-corrected chi connectivity index (χ1v) is 7.81. The van der Waals surface area contributed by atoms with Crippen LogP contribution in [0.5, 0.6) is 0 Å². The second-order valence-corrected chi connectivity index (χ2v) is 6.15. The number of hydrogen-bond donors (Lipinski definition) is 1. The van der Waals surface area contributed by atoms with Gasteiger partial charge in [0.2, 0.25) is 0 Å². The van der Waals surface area contributed by atoms with Crippen LogP contribution in [0.1, 0.15) is 12.0 Å². The van der Waals surface area contributed by atoms with Crippen molar-refractivity contribution in [2.45, 2.75) is 13.0 Å². The largest absolute Gasteiger partial charge is 0.384 e. The molecule has 1 atom stereocenters. The lowest BCUT2D eigenvalue weighted by Crippen LogP contribution is -2.39. The lowest BCUT2D eigenvalue weighted by Gasteiger charge is -2.21. The molecule has 1 heterocycles. The van der Waals surface area contributed by atoms with E-state index in [1.165, 1.54) is 12.1 Å². The van der Waals surface area contributed by atoms with Crippen LogP contribution in [0.2, 0.25) is 0 Å². The molecule has 1 aromatic rings. The maximum absolute atomic E-state index is 13.4. The third-order valence-electron chi connectivity index (χ3n) is 3.57. The summed E-state index contributed by atoms with van der Waals surface area (Å²) in [5, 5.41) is 3.29. The Morgan fingerprint density at radius 2 is 2.33 bits per heavy atom. The van der Waals surface area contributed by atoms with Gasteiger partial charge in [0.25, 0.3) is 0 Å². The van der Waals surface area contributed by atoms with Crippen LogP contribution in [0.4, 0.5) is 4.39 Å². The Morgan fingerprint density at radius 3 is 3.00 bits per heavy atom. The third-order valence-corrected chi connectivity index (χ3v) is 4.03. The molecule has 0 bridgehead atoms. The van der Waals surface area contributed by atoms with Crippen molar-refractivity contribution in [2.75, 3.05) is 33.9 Å². The Balaban J connectivity index is 1.91. The molecule has 1 unspecified atom stereocenters. The fraction of sp³-hybridized carbons (Fsp3) is 0.533. The summed E-state index contributed by atoms with van der Waals surface area (Å²) < 4.78 is 19.3. The molecule has 6 heteroatoms. The molecule has 0 aliphatic carbocycles. The van der Waals surface area contributed by atoms with Crippen molar-refractivity contribution in [2.24, 2.45) is 10.9 Å². The molecule has 1 aliphatic rings. The molecule has 2 rings (SSSR count). The van der Waals surface area contributed by atoms with Crippen molar-refractivity contribution < 1.29 is 9.13 Å². The fourth-order valence-electron chi connectivity index (χ4n) is 2.62. The average molecular weight is 358 g/mol. The van der Waals surface area contributed by atoms with E-state index >= 15 is 0 Å².